The molecule has 0 aliphatic heterocycles. The number of hydrogen-bond donors (Lipinski definition) is 0. The summed E-state index contributed by atoms with van der Waals surface area (Å²) in [6, 6.07) is 0. The van der Waals surface area contributed by atoms with E-state index in [0.717, 1.165) is 19.1 Å². The molecule has 0 aromatic rings. The van der Waals surface area contributed by atoms with Gasteiger partial charge in [0.05, 0.1) is 0 Å². The second-order valence-electron chi connectivity index (χ2n) is 2.56. The molecule has 1 atom stereocenters. The number of ether oxygens (including phenoxy) is 1. The maximum Gasteiger partial charge on any atom is 0.150 e. The van der Waals surface area contributed by atoms with Crippen molar-refractivity contribution >= 4 is 18.0 Å². The highest BCUT2D eigenvalue weighted by molar-refractivity contribution is 8.00. The summed E-state index contributed by atoms with van der Waals surface area (Å²) in [7, 11) is 1.59. The average molecular weight is 160 g/mol. The maximum absolute atomic E-state index is 10.4. The number of rotatable bonds is 4. The highest BCUT2D eigenvalue weighted by Gasteiger charge is 2.49. The van der Waals surface area contributed by atoms with Crippen molar-refractivity contribution in [1.82, 2.24) is 0 Å². The molecule has 0 saturated heterocycles. The van der Waals surface area contributed by atoms with Gasteiger partial charge in [0, 0.05) is 11.9 Å². The van der Waals surface area contributed by atoms with Crippen LogP contribution < -0.4 is 0 Å². The average Bonchev–Trinajstić information content (AvgIpc) is 2.72. The fraction of sp³-hybridized carbons (Fsp3) is 0.857. The Labute approximate surface area is 65.3 Å². The summed E-state index contributed by atoms with van der Waals surface area (Å²) < 4.78 is 5.16. The first-order valence-electron chi connectivity index (χ1n) is 3.32. The van der Waals surface area contributed by atoms with Gasteiger partial charge in [-0.1, -0.05) is 0 Å². The summed E-state index contributed by atoms with van der Waals surface area (Å²) in [6.45, 7) is 0. The van der Waals surface area contributed by atoms with Gasteiger partial charge in [-0.3, -0.25) is 0 Å². The standard InChI is InChI=1S/C7H12O2S/c1-9-6(5-8)7(10-2)3-4-7/h5-6H,3-4H2,1-2H3. The van der Waals surface area contributed by atoms with Crippen molar-refractivity contribution < 1.29 is 9.53 Å². The Balaban J connectivity index is 2.51. The lowest BCUT2D eigenvalue weighted by atomic mass is 10.2. The van der Waals surface area contributed by atoms with Gasteiger partial charge < -0.3 is 9.53 Å². The lowest BCUT2D eigenvalue weighted by Crippen LogP contribution is -2.28. The van der Waals surface area contributed by atoms with E-state index in [1.165, 1.54) is 0 Å². The third-order valence-corrected chi connectivity index (χ3v) is 3.50. The molecule has 0 bridgehead atoms. The molecule has 1 aliphatic rings. The van der Waals surface area contributed by atoms with Crippen LogP contribution in [-0.2, 0) is 9.53 Å². The predicted octanol–water partition coefficient (Wildman–Crippen LogP) is 1.10. The van der Waals surface area contributed by atoms with Crippen LogP contribution in [0.4, 0.5) is 0 Å². The van der Waals surface area contributed by atoms with E-state index < -0.39 is 0 Å². The van der Waals surface area contributed by atoms with Crippen molar-refractivity contribution in [2.45, 2.75) is 23.7 Å². The second-order valence-corrected chi connectivity index (χ2v) is 3.78. The number of carbonyl (C=O) groups excluding carboxylic acids is 1. The molecule has 1 unspecified atom stereocenters. The number of aldehydes is 1. The Morgan fingerprint density at radius 3 is 2.40 bits per heavy atom. The molecule has 0 heterocycles. The van der Waals surface area contributed by atoms with E-state index in [1.807, 2.05) is 6.26 Å². The molecular weight excluding hydrogens is 148 g/mol. The van der Waals surface area contributed by atoms with E-state index >= 15 is 0 Å². The minimum absolute atomic E-state index is 0.135. The maximum atomic E-state index is 10.4. The van der Waals surface area contributed by atoms with Crippen LogP contribution in [0.2, 0.25) is 0 Å². The van der Waals surface area contributed by atoms with Crippen LogP contribution in [-0.4, -0.2) is 30.5 Å². The molecule has 0 N–H and O–H groups in total. The van der Waals surface area contributed by atoms with Gasteiger partial charge in [0.1, 0.15) is 12.4 Å². The molecule has 0 aromatic heterocycles. The topological polar surface area (TPSA) is 26.3 Å². The van der Waals surface area contributed by atoms with Gasteiger partial charge in [0.2, 0.25) is 0 Å². The third-order valence-electron chi connectivity index (χ3n) is 2.05. The molecule has 1 aliphatic carbocycles. The molecular formula is C7H12O2S. The highest BCUT2D eigenvalue weighted by Crippen LogP contribution is 2.50. The van der Waals surface area contributed by atoms with E-state index in [2.05, 4.69) is 0 Å². The van der Waals surface area contributed by atoms with Crippen molar-refractivity contribution in [3.8, 4) is 0 Å². The van der Waals surface area contributed by atoms with Crippen molar-refractivity contribution in [1.29, 1.82) is 0 Å². The van der Waals surface area contributed by atoms with E-state index in [-0.39, 0.29) is 10.9 Å². The van der Waals surface area contributed by atoms with Gasteiger partial charge in [-0.05, 0) is 19.1 Å². The van der Waals surface area contributed by atoms with E-state index in [9.17, 15) is 4.79 Å². The Morgan fingerprint density at radius 1 is 1.70 bits per heavy atom. The van der Waals surface area contributed by atoms with Crippen molar-refractivity contribution in [2.24, 2.45) is 0 Å². The predicted molar refractivity (Wildman–Crippen MR) is 42.3 cm³/mol. The molecule has 1 fully saturated rings. The third kappa shape index (κ3) is 1.20. The molecule has 0 spiro atoms. The molecule has 0 amide bonds. The lowest BCUT2D eigenvalue weighted by molar-refractivity contribution is -0.116. The van der Waals surface area contributed by atoms with Crippen molar-refractivity contribution in [3.05, 3.63) is 0 Å². The first kappa shape index (κ1) is 8.08. The minimum Gasteiger partial charge on any atom is -0.373 e. The Hall–Kier alpha value is -0.0200. The van der Waals surface area contributed by atoms with E-state index in [0.29, 0.717) is 0 Å². The Bertz CT molecular complexity index is 132. The molecule has 0 aromatic carbocycles. The van der Waals surface area contributed by atoms with Crippen molar-refractivity contribution in [3.63, 3.8) is 0 Å². The number of hydrogen-bond acceptors (Lipinski definition) is 3. The summed E-state index contributed by atoms with van der Waals surface area (Å²) >= 11 is 1.74. The van der Waals surface area contributed by atoms with Crippen LogP contribution in [0.3, 0.4) is 0 Å². The SMILES string of the molecule is COC(C=O)C1(SC)CC1. The molecule has 2 nitrogen and oxygen atoms in total. The minimum atomic E-state index is -0.192. The van der Waals surface area contributed by atoms with Gasteiger partial charge in [0.15, 0.2) is 0 Å². The van der Waals surface area contributed by atoms with Crippen LogP contribution >= 0.6 is 11.8 Å². The number of carbonyl (C=O) groups is 1. The number of methoxy groups -OCH3 is 1. The van der Waals surface area contributed by atoms with Gasteiger partial charge in [0.25, 0.3) is 0 Å². The monoisotopic (exact) mass is 160 g/mol. The molecule has 10 heavy (non-hydrogen) atoms. The molecule has 3 heteroatoms. The van der Waals surface area contributed by atoms with E-state index in [1.54, 1.807) is 18.9 Å². The zero-order chi connectivity index (χ0) is 7.61. The highest BCUT2D eigenvalue weighted by atomic mass is 32.2. The second kappa shape index (κ2) is 2.93. The first-order valence-corrected chi connectivity index (χ1v) is 4.55. The van der Waals surface area contributed by atoms with Gasteiger partial charge >= 0.3 is 0 Å². The summed E-state index contributed by atoms with van der Waals surface area (Å²) in [4.78, 5) is 10.4. The molecule has 1 rings (SSSR count). The zero-order valence-corrected chi connectivity index (χ0v) is 7.11. The van der Waals surface area contributed by atoms with Crippen LogP contribution in [0.25, 0.3) is 0 Å². The fourth-order valence-corrected chi connectivity index (χ4v) is 2.02. The zero-order valence-electron chi connectivity index (χ0n) is 6.29. The molecule has 1 saturated carbocycles. The lowest BCUT2D eigenvalue weighted by Gasteiger charge is -2.17. The smallest absolute Gasteiger partial charge is 0.150 e. The summed E-state index contributed by atoms with van der Waals surface area (Å²) in [5.74, 6) is 0. The van der Waals surface area contributed by atoms with Crippen LogP contribution in [0, 0.1) is 0 Å². The number of thioether (sulfide) groups is 1. The van der Waals surface area contributed by atoms with Gasteiger partial charge in [-0.25, -0.2) is 0 Å². The first-order chi connectivity index (χ1) is 4.79. The fourth-order valence-electron chi connectivity index (χ4n) is 1.12. The summed E-state index contributed by atoms with van der Waals surface area (Å²) in [6.07, 6.45) is 4.98. The van der Waals surface area contributed by atoms with Crippen molar-refractivity contribution in [2.75, 3.05) is 13.4 Å². The van der Waals surface area contributed by atoms with Crippen LogP contribution in [0.5, 0.6) is 0 Å². The Kier molecular flexibility index (Phi) is 2.36. The molecule has 58 valence electrons. The normalized spacial score (nSPS) is 23.8. The van der Waals surface area contributed by atoms with Crippen LogP contribution in [0.1, 0.15) is 12.8 Å². The van der Waals surface area contributed by atoms with Gasteiger partial charge in [-0.15, -0.1) is 0 Å². The van der Waals surface area contributed by atoms with Gasteiger partial charge in [-0.2, -0.15) is 11.8 Å². The summed E-state index contributed by atoms with van der Waals surface area (Å²) in [5.41, 5.74) is 0. The largest absolute Gasteiger partial charge is 0.373 e. The Morgan fingerprint density at radius 2 is 2.30 bits per heavy atom. The summed E-state index contributed by atoms with van der Waals surface area (Å²) in [5, 5.41) is 0. The van der Waals surface area contributed by atoms with Crippen LogP contribution in [0.15, 0.2) is 0 Å². The molecule has 0 radical (unpaired) electrons. The van der Waals surface area contributed by atoms with E-state index in [4.69, 9.17) is 4.74 Å². The quantitative estimate of drug-likeness (QED) is 0.576.